The summed E-state index contributed by atoms with van der Waals surface area (Å²) in [5.41, 5.74) is 0.485. The Morgan fingerprint density at radius 3 is 2.88 bits per heavy atom. The number of carbonyl (C=O) groups is 1. The van der Waals surface area contributed by atoms with Crippen LogP contribution in [0.5, 0.6) is 5.75 Å². The molecule has 0 amide bonds. The van der Waals surface area contributed by atoms with Crippen LogP contribution in [0.25, 0.3) is 11.0 Å². The third-order valence-electron chi connectivity index (χ3n) is 2.11. The second kappa shape index (κ2) is 4.77. The summed E-state index contributed by atoms with van der Waals surface area (Å²) in [5, 5.41) is 9.47. The molecular weight excluding hydrogens is 292 g/mol. The molecule has 1 heterocycles. The number of rotatable bonds is 4. The molecule has 0 fully saturated rings. The summed E-state index contributed by atoms with van der Waals surface area (Å²) >= 11 is 3.31. The largest absolute Gasteiger partial charge is 0.475 e. The van der Waals surface area contributed by atoms with Crippen molar-refractivity contribution in [3.8, 4) is 5.75 Å². The molecule has 0 spiro atoms. The molecule has 1 aromatic carbocycles. The van der Waals surface area contributed by atoms with Gasteiger partial charge in [0.2, 0.25) is 5.76 Å². The number of carboxylic acids is 1. The van der Waals surface area contributed by atoms with Gasteiger partial charge in [0.05, 0.1) is 4.47 Å². The molecule has 0 radical (unpaired) electrons. The number of benzene rings is 1. The predicted octanol–water partition coefficient (Wildman–Crippen LogP) is 2.88. The lowest BCUT2D eigenvalue weighted by Gasteiger charge is -2.06. The molecule has 90 valence electrons. The average molecular weight is 301 g/mol. The topological polar surface area (TPSA) is 68.9 Å². The van der Waals surface area contributed by atoms with Crippen LogP contribution in [0.3, 0.4) is 0 Å². The highest BCUT2D eigenvalue weighted by Gasteiger charge is 2.13. The number of carboxylic acid groups (broad SMARTS) is 1. The Morgan fingerprint density at radius 2 is 2.24 bits per heavy atom. The Balaban J connectivity index is 2.44. The fourth-order valence-corrected chi connectivity index (χ4v) is 1.82. The highest BCUT2D eigenvalue weighted by atomic mass is 79.9. The number of hydrogen-bond acceptors (Lipinski definition) is 4. The van der Waals surface area contributed by atoms with Gasteiger partial charge < -0.3 is 19.0 Å². The molecule has 0 aliphatic rings. The number of fused-ring (bicyclic) bond motifs is 1. The van der Waals surface area contributed by atoms with Gasteiger partial charge in [-0.3, -0.25) is 0 Å². The molecule has 1 N–H and O–H groups in total. The fourth-order valence-electron chi connectivity index (χ4n) is 1.38. The highest BCUT2D eigenvalue weighted by molar-refractivity contribution is 9.10. The van der Waals surface area contributed by atoms with Crippen molar-refractivity contribution in [1.82, 2.24) is 0 Å². The van der Waals surface area contributed by atoms with Gasteiger partial charge in [0.15, 0.2) is 6.79 Å². The van der Waals surface area contributed by atoms with E-state index in [1.54, 1.807) is 12.1 Å². The number of ether oxygens (including phenoxy) is 2. The van der Waals surface area contributed by atoms with Crippen LogP contribution in [0.1, 0.15) is 10.6 Å². The summed E-state index contributed by atoms with van der Waals surface area (Å²) in [4.78, 5) is 10.8. The molecule has 6 heteroatoms. The Morgan fingerprint density at radius 1 is 1.47 bits per heavy atom. The highest BCUT2D eigenvalue weighted by Crippen LogP contribution is 2.32. The zero-order chi connectivity index (χ0) is 12.4. The standard InChI is InChI=1S/C11H9BrO5/c1-15-5-16-9-2-6-3-10(11(13)14)17-8(6)4-7(9)12/h2-4H,5H2,1H3,(H,13,14). The molecule has 17 heavy (non-hydrogen) atoms. The van der Waals surface area contributed by atoms with Crippen molar-refractivity contribution in [3.05, 3.63) is 28.4 Å². The Bertz CT molecular complexity index is 560. The molecule has 0 saturated carbocycles. The van der Waals surface area contributed by atoms with Crippen molar-refractivity contribution >= 4 is 32.9 Å². The zero-order valence-corrected chi connectivity index (χ0v) is 10.5. The molecule has 2 rings (SSSR count). The number of aromatic carboxylic acids is 1. The fraction of sp³-hybridized carbons (Fsp3) is 0.182. The average Bonchev–Trinajstić information content (AvgIpc) is 2.68. The Labute approximate surface area is 105 Å². The summed E-state index contributed by atoms with van der Waals surface area (Å²) < 4.78 is 15.9. The minimum atomic E-state index is -1.10. The maximum absolute atomic E-state index is 10.8. The van der Waals surface area contributed by atoms with Crippen molar-refractivity contribution < 1.29 is 23.8 Å². The molecule has 5 nitrogen and oxygen atoms in total. The van der Waals surface area contributed by atoms with Gasteiger partial charge in [-0.05, 0) is 34.1 Å². The first-order chi connectivity index (χ1) is 8.11. The van der Waals surface area contributed by atoms with Gasteiger partial charge in [0.1, 0.15) is 11.3 Å². The number of hydrogen-bond donors (Lipinski definition) is 1. The lowest BCUT2D eigenvalue weighted by atomic mass is 10.2. The summed E-state index contributed by atoms with van der Waals surface area (Å²) in [5.74, 6) is -0.635. The molecule has 0 aliphatic heterocycles. The van der Waals surface area contributed by atoms with E-state index in [1.165, 1.54) is 13.2 Å². The summed E-state index contributed by atoms with van der Waals surface area (Å²) in [6.07, 6.45) is 0. The molecule has 1 aromatic heterocycles. The molecular formula is C11H9BrO5. The Hall–Kier alpha value is -1.53. The second-order valence-electron chi connectivity index (χ2n) is 3.29. The van der Waals surface area contributed by atoms with Crippen LogP contribution in [0.4, 0.5) is 0 Å². The molecule has 2 aromatic rings. The van der Waals surface area contributed by atoms with Gasteiger partial charge in [0, 0.05) is 12.5 Å². The van der Waals surface area contributed by atoms with E-state index in [2.05, 4.69) is 15.9 Å². The van der Waals surface area contributed by atoms with E-state index < -0.39 is 5.97 Å². The van der Waals surface area contributed by atoms with Gasteiger partial charge in [-0.15, -0.1) is 0 Å². The first-order valence-electron chi connectivity index (χ1n) is 4.70. The van der Waals surface area contributed by atoms with Crippen molar-refractivity contribution in [2.75, 3.05) is 13.9 Å². The van der Waals surface area contributed by atoms with E-state index >= 15 is 0 Å². The molecule has 0 saturated heterocycles. The van der Waals surface area contributed by atoms with Crippen LogP contribution >= 0.6 is 15.9 Å². The minimum Gasteiger partial charge on any atom is -0.475 e. The van der Waals surface area contributed by atoms with Crippen molar-refractivity contribution in [3.63, 3.8) is 0 Å². The quantitative estimate of drug-likeness (QED) is 0.879. The maximum Gasteiger partial charge on any atom is 0.371 e. The first-order valence-corrected chi connectivity index (χ1v) is 5.49. The van der Waals surface area contributed by atoms with Gasteiger partial charge in [0.25, 0.3) is 0 Å². The monoisotopic (exact) mass is 300 g/mol. The van der Waals surface area contributed by atoms with Crippen LogP contribution in [0.2, 0.25) is 0 Å². The molecule has 0 atom stereocenters. The normalized spacial score (nSPS) is 10.7. The van der Waals surface area contributed by atoms with Crippen LogP contribution in [-0.2, 0) is 4.74 Å². The van der Waals surface area contributed by atoms with Gasteiger partial charge in [-0.2, -0.15) is 0 Å². The second-order valence-corrected chi connectivity index (χ2v) is 4.14. The Kier molecular flexibility index (Phi) is 3.35. The summed E-state index contributed by atoms with van der Waals surface area (Å²) in [6.45, 7) is 0.119. The zero-order valence-electron chi connectivity index (χ0n) is 8.90. The molecule has 0 bridgehead atoms. The van der Waals surface area contributed by atoms with E-state index in [0.29, 0.717) is 21.2 Å². The van der Waals surface area contributed by atoms with Gasteiger partial charge in [-0.25, -0.2) is 4.79 Å². The number of halogens is 1. The maximum atomic E-state index is 10.8. The first kappa shape index (κ1) is 11.9. The van der Waals surface area contributed by atoms with Crippen LogP contribution in [-0.4, -0.2) is 25.0 Å². The smallest absolute Gasteiger partial charge is 0.371 e. The minimum absolute atomic E-state index is 0.101. The molecule has 0 aliphatic carbocycles. The van der Waals surface area contributed by atoms with Crippen molar-refractivity contribution in [1.29, 1.82) is 0 Å². The molecule has 0 unspecified atom stereocenters. The van der Waals surface area contributed by atoms with Gasteiger partial charge in [-0.1, -0.05) is 0 Å². The van der Waals surface area contributed by atoms with Crippen molar-refractivity contribution in [2.24, 2.45) is 0 Å². The van der Waals surface area contributed by atoms with Gasteiger partial charge >= 0.3 is 5.97 Å². The van der Waals surface area contributed by atoms with E-state index in [9.17, 15) is 4.79 Å². The third-order valence-corrected chi connectivity index (χ3v) is 2.73. The third kappa shape index (κ3) is 2.42. The lowest BCUT2D eigenvalue weighted by Crippen LogP contribution is -1.99. The summed E-state index contributed by atoms with van der Waals surface area (Å²) in [6, 6.07) is 4.80. The van der Waals surface area contributed by atoms with Crippen molar-refractivity contribution in [2.45, 2.75) is 0 Å². The van der Waals surface area contributed by atoms with Crippen LogP contribution in [0, 0.1) is 0 Å². The van der Waals surface area contributed by atoms with Crippen LogP contribution < -0.4 is 4.74 Å². The van der Waals surface area contributed by atoms with Crippen LogP contribution in [0.15, 0.2) is 27.1 Å². The number of methoxy groups -OCH3 is 1. The SMILES string of the molecule is COCOc1cc2cc(C(=O)O)oc2cc1Br. The number of furan rings is 1. The van der Waals surface area contributed by atoms with E-state index in [0.717, 1.165) is 0 Å². The lowest BCUT2D eigenvalue weighted by molar-refractivity contribution is 0.0507. The van der Waals surface area contributed by atoms with E-state index in [-0.39, 0.29) is 12.6 Å². The van der Waals surface area contributed by atoms with E-state index in [1.807, 2.05) is 0 Å². The van der Waals surface area contributed by atoms with E-state index in [4.69, 9.17) is 19.0 Å². The summed E-state index contributed by atoms with van der Waals surface area (Å²) in [7, 11) is 1.52. The predicted molar refractivity (Wildman–Crippen MR) is 63.4 cm³/mol.